The van der Waals surface area contributed by atoms with E-state index in [9.17, 15) is 9.90 Å². The van der Waals surface area contributed by atoms with Gasteiger partial charge in [0.05, 0.1) is 23.8 Å². The Morgan fingerprint density at radius 1 is 1.18 bits per heavy atom. The molecule has 1 aromatic heterocycles. The van der Waals surface area contributed by atoms with Crippen molar-refractivity contribution in [3.05, 3.63) is 75.9 Å². The van der Waals surface area contributed by atoms with Crippen molar-refractivity contribution < 1.29 is 9.90 Å². The molecule has 0 radical (unpaired) electrons. The number of carbonyl (C=O) groups excluding carboxylic acids is 1. The number of amides is 1. The van der Waals surface area contributed by atoms with E-state index in [0.717, 1.165) is 41.6 Å². The molecule has 0 bridgehead atoms. The van der Waals surface area contributed by atoms with Gasteiger partial charge in [0.2, 0.25) is 5.91 Å². The number of aryl methyl sites for hydroxylation is 1. The first-order chi connectivity index (χ1) is 16.4. The molecule has 1 amide bonds. The fourth-order valence-electron chi connectivity index (χ4n) is 6.42. The van der Waals surface area contributed by atoms with Gasteiger partial charge in [-0.2, -0.15) is 5.10 Å². The molecule has 2 N–H and O–H groups in total. The van der Waals surface area contributed by atoms with E-state index in [-0.39, 0.29) is 36.3 Å². The maximum Gasteiger partial charge on any atom is 0.226 e. The van der Waals surface area contributed by atoms with Crippen LogP contribution in [0.4, 0.5) is 0 Å². The maximum atomic E-state index is 13.2. The molecule has 1 aliphatic carbocycles. The summed E-state index contributed by atoms with van der Waals surface area (Å²) in [6, 6.07) is 15.8. The Kier molecular flexibility index (Phi) is 6.21. The minimum absolute atomic E-state index is 0.0141. The van der Waals surface area contributed by atoms with Crippen LogP contribution in [0.2, 0.25) is 10.0 Å². The number of hydrogen-bond donors (Lipinski definition) is 2. The van der Waals surface area contributed by atoms with Crippen LogP contribution in [0.3, 0.4) is 0 Å². The van der Waals surface area contributed by atoms with Crippen LogP contribution in [0.1, 0.15) is 49.1 Å². The summed E-state index contributed by atoms with van der Waals surface area (Å²) in [6.07, 6.45) is 4.26. The van der Waals surface area contributed by atoms with Gasteiger partial charge < -0.3 is 10.4 Å². The average Bonchev–Trinajstić information content (AvgIpc) is 3.40. The number of carbonyl (C=O) groups is 1. The van der Waals surface area contributed by atoms with Crippen molar-refractivity contribution in [3.63, 3.8) is 0 Å². The number of hydrogen-bond acceptors (Lipinski definition) is 3. The zero-order valence-corrected chi connectivity index (χ0v) is 20.9. The molecule has 5 atom stereocenters. The molecule has 7 heteroatoms. The van der Waals surface area contributed by atoms with Crippen LogP contribution in [0.5, 0.6) is 0 Å². The number of fused-ring (bicyclic) bond motifs is 1. The molecule has 5 rings (SSSR count). The summed E-state index contributed by atoms with van der Waals surface area (Å²) in [5, 5.41) is 19.2. The van der Waals surface area contributed by atoms with Crippen molar-refractivity contribution >= 4 is 29.1 Å². The third kappa shape index (κ3) is 3.74. The quantitative estimate of drug-likeness (QED) is 0.484. The summed E-state index contributed by atoms with van der Waals surface area (Å²) in [4.78, 5) is 13.2. The van der Waals surface area contributed by atoms with Crippen molar-refractivity contribution in [1.82, 2.24) is 15.1 Å². The SMILES string of the molecule is CC[C@@]12CC[C@@H](c3ccc(-c4ccn(C)n4)cc3Cl)C(c3ccc(Cl)cc3)[C@@H]1[C@@H](CO)NC2=O. The third-order valence-electron chi connectivity index (χ3n) is 8.05. The van der Waals surface area contributed by atoms with Crippen LogP contribution < -0.4 is 5.32 Å². The highest BCUT2D eigenvalue weighted by Crippen LogP contribution is 2.60. The van der Waals surface area contributed by atoms with Gasteiger partial charge in [0, 0.05) is 34.8 Å². The number of aliphatic hydroxyl groups excluding tert-OH is 1. The normalized spacial score (nSPS) is 28.6. The van der Waals surface area contributed by atoms with Crippen LogP contribution in [-0.4, -0.2) is 33.4 Å². The Labute approximate surface area is 210 Å². The van der Waals surface area contributed by atoms with E-state index < -0.39 is 5.41 Å². The minimum Gasteiger partial charge on any atom is -0.394 e. The van der Waals surface area contributed by atoms with Gasteiger partial charge in [-0.25, -0.2) is 0 Å². The molecule has 34 heavy (non-hydrogen) atoms. The van der Waals surface area contributed by atoms with E-state index in [1.165, 1.54) is 0 Å². The number of rotatable bonds is 5. The molecule has 0 spiro atoms. The number of nitrogens with one attached hydrogen (secondary N) is 1. The summed E-state index contributed by atoms with van der Waals surface area (Å²) in [5.41, 5.74) is 3.56. The van der Waals surface area contributed by atoms with Gasteiger partial charge in [-0.1, -0.05) is 54.4 Å². The van der Waals surface area contributed by atoms with Gasteiger partial charge in [0.15, 0.2) is 0 Å². The van der Waals surface area contributed by atoms with Crippen LogP contribution in [0.25, 0.3) is 11.3 Å². The fourth-order valence-corrected chi connectivity index (χ4v) is 6.86. The van der Waals surface area contributed by atoms with E-state index in [4.69, 9.17) is 23.2 Å². The van der Waals surface area contributed by atoms with Crippen LogP contribution >= 0.6 is 23.2 Å². The molecular formula is C27H29Cl2N3O2. The highest BCUT2D eigenvalue weighted by Gasteiger charge is 2.60. The largest absolute Gasteiger partial charge is 0.394 e. The monoisotopic (exact) mass is 497 g/mol. The molecule has 1 saturated carbocycles. The van der Waals surface area contributed by atoms with E-state index in [1.54, 1.807) is 4.68 Å². The standard InChI is InChI=1S/C27H29Cl2N3O2/c1-3-27-12-10-20(19-9-6-17(14-21(19)29)22-11-13-32(2)31-22)24(16-4-7-18(28)8-5-16)25(27)23(15-33)30-26(27)34/h4-9,11,13-14,20,23-25,33H,3,10,12,15H2,1-2H3,(H,30,34)/t20-,23+,24?,25-,27+/m0/s1. The molecule has 2 aromatic carbocycles. The van der Waals surface area contributed by atoms with Gasteiger partial charge in [0.1, 0.15) is 0 Å². The Bertz CT molecular complexity index is 1210. The molecule has 1 saturated heterocycles. The second-order valence-corrected chi connectivity index (χ2v) is 10.5. The Hall–Kier alpha value is -2.34. The minimum atomic E-state index is -0.491. The summed E-state index contributed by atoms with van der Waals surface area (Å²) in [6.45, 7) is 2.00. The smallest absolute Gasteiger partial charge is 0.226 e. The van der Waals surface area contributed by atoms with Gasteiger partial charge >= 0.3 is 0 Å². The summed E-state index contributed by atoms with van der Waals surface area (Å²) in [5.74, 6) is 0.146. The topological polar surface area (TPSA) is 67.2 Å². The lowest BCUT2D eigenvalue weighted by Gasteiger charge is -2.48. The molecule has 5 nitrogen and oxygen atoms in total. The molecule has 1 unspecified atom stereocenters. The lowest BCUT2D eigenvalue weighted by Crippen LogP contribution is -2.45. The third-order valence-corrected chi connectivity index (χ3v) is 8.63. The highest BCUT2D eigenvalue weighted by atomic mass is 35.5. The van der Waals surface area contributed by atoms with Gasteiger partial charge in [-0.15, -0.1) is 0 Å². The zero-order chi connectivity index (χ0) is 24.0. The first-order valence-corrected chi connectivity index (χ1v) is 12.6. The second kappa shape index (κ2) is 9.03. The van der Waals surface area contributed by atoms with E-state index in [1.807, 2.05) is 37.5 Å². The van der Waals surface area contributed by atoms with Gasteiger partial charge in [0.25, 0.3) is 0 Å². The van der Waals surface area contributed by atoms with Crippen molar-refractivity contribution in [2.75, 3.05) is 6.61 Å². The zero-order valence-electron chi connectivity index (χ0n) is 19.3. The van der Waals surface area contributed by atoms with Crippen molar-refractivity contribution in [2.24, 2.45) is 18.4 Å². The summed E-state index contributed by atoms with van der Waals surface area (Å²) < 4.78 is 1.78. The van der Waals surface area contributed by atoms with Gasteiger partial charge in [-0.05, 0) is 66.5 Å². The first-order valence-electron chi connectivity index (χ1n) is 11.8. The molecule has 2 aliphatic rings. The molecular weight excluding hydrogens is 469 g/mol. The molecule has 178 valence electrons. The Morgan fingerprint density at radius 3 is 2.56 bits per heavy atom. The van der Waals surface area contributed by atoms with Crippen LogP contribution in [-0.2, 0) is 11.8 Å². The Balaban J connectivity index is 1.61. The molecule has 3 aromatic rings. The van der Waals surface area contributed by atoms with E-state index in [2.05, 4.69) is 41.6 Å². The first kappa shape index (κ1) is 23.4. The predicted octanol–water partition coefficient (Wildman–Crippen LogP) is 5.56. The number of aliphatic hydroxyl groups is 1. The number of nitrogens with zero attached hydrogens (tertiary/aromatic N) is 2. The van der Waals surface area contributed by atoms with Gasteiger partial charge in [-0.3, -0.25) is 9.48 Å². The van der Waals surface area contributed by atoms with Crippen molar-refractivity contribution in [3.8, 4) is 11.3 Å². The van der Waals surface area contributed by atoms with Crippen LogP contribution in [0, 0.1) is 11.3 Å². The van der Waals surface area contributed by atoms with E-state index >= 15 is 0 Å². The van der Waals surface area contributed by atoms with Crippen molar-refractivity contribution in [2.45, 2.75) is 44.1 Å². The maximum absolute atomic E-state index is 13.2. The highest BCUT2D eigenvalue weighted by molar-refractivity contribution is 6.31. The molecule has 2 fully saturated rings. The number of benzene rings is 2. The molecule has 1 aliphatic heterocycles. The van der Waals surface area contributed by atoms with E-state index in [0.29, 0.717) is 10.0 Å². The average molecular weight is 498 g/mol. The Morgan fingerprint density at radius 2 is 1.94 bits per heavy atom. The second-order valence-electron chi connectivity index (χ2n) is 9.63. The lowest BCUT2D eigenvalue weighted by atomic mass is 9.54. The molecule has 2 heterocycles. The predicted molar refractivity (Wildman–Crippen MR) is 135 cm³/mol. The fraction of sp³-hybridized carbons (Fsp3) is 0.407. The van der Waals surface area contributed by atoms with Crippen molar-refractivity contribution in [1.29, 1.82) is 0 Å². The summed E-state index contributed by atoms with van der Waals surface area (Å²) in [7, 11) is 1.90. The number of aromatic nitrogens is 2. The van der Waals surface area contributed by atoms with Crippen LogP contribution in [0.15, 0.2) is 54.7 Å². The lowest BCUT2D eigenvalue weighted by molar-refractivity contribution is -0.131. The number of halogens is 2. The summed E-state index contributed by atoms with van der Waals surface area (Å²) >= 11 is 13.1.